The third kappa shape index (κ3) is 5.11. The molecule has 2 aromatic rings. The highest BCUT2D eigenvalue weighted by Gasteiger charge is 2.28. The number of nitrogens with one attached hydrogen (secondary N) is 1. The molecule has 6 heteroatoms. The zero-order valence-electron chi connectivity index (χ0n) is 17.1. The zero-order valence-corrected chi connectivity index (χ0v) is 17.9. The van der Waals surface area contributed by atoms with Crippen molar-refractivity contribution in [1.82, 2.24) is 9.88 Å². The van der Waals surface area contributed by atoms with Crippen molar-refractivity contribution in [2.75, 3.05) is 42.9 Å². The van der Waals surface area contributed by atoms with Gasteiger partial charge in [0.2, 0.25) is 0 Å². The first kappa shape index (κ1) is 20.2. The Balaban J connectivity index is 1.19. The van der Waals surface area contributed by atoms with Gasteiger partial charge in [0.25, 0.3) is 0 Å². The molecule has 29 heavy (non-hydrogen) atoms. The van der Waals surface area contributed by atoms with Crippen LogP contribution in [0.15, 0.2) is 47.5 Å². The van der Waals surface area contributed by atoms with E-state index in [-0.39, 0.29) is 6.04 Å². The van der Waals surface area contributed by atoms with Crippen LogP contribution >= 0.6 is 11.8 Å². The van der Waals surface area contributed by atoms with E-state index in [1.54, 1.807) is 0 Å². The molecule has 3 heterocycles. The summed E-state index contributed by atoms with van der Waals surface area (Å²) in [5, 5.41) is 3.73. The molecule has 0 bridgehead atoms. The Labute approximate surface area is 177 Å². The van der Waals surface area contributed by atoms with E-state index in [1.807, 2.05) is 30.1 Å². The van der Waals surface area contributed by atoms with Gasteiger partial charge in [-0.3, -0.25) is 4.90 Å². The van der Waals surface area contributed by atoms with Crippen LogP contribution in [0.3, 0.4) is 0 Å². The molecule has 0 saturated carbocycles. The molecule has 1 N–H and O–H groups in total. The smallest absolute Gasteiger partial charge is 0.143 e. The molecule has 0 aliphatic carbocycles. The SMILES string of the molecule is Cc1ccnc(N2CCN(CCCCC3Sc4ccccc4NC3C=O)CC2)c1. The molecule has 2 aliphatic rings. The summed E-state index contributed by atoms with van der Waals surface area (Å²) in [6, 6.07) is 12.4. The highest BCUT2D eigenvalue weighted by molar-refractivity contribution is 8.00. The fourth-order valence-electron chi connectivity index (χ4n) is 4.13. The second-order valence-corrected chi connectivity index (χ2v) is 9.26. The summed E-state index contributed by atoms with van der Waals surface area (Å²) in [5.41, 5.74) is 2.36. The first-order valence-corrected chi connectivity index (χ1v) is 11.5. The van der Waals surface area contributed by atoms with E-state index in [4.69, 9.17) is 0 Å². The van der Waals surface area contributed by atoms with Crippen LogP contribution in [0.2, 0.25) is 0 Å². The summed E-state index contributed by atoms with van der Waals surface area (Å²) in [6.45, 7) is 7.54. The van der Waals surface area contributed by atoms with Gasteiger partial charge in [0, 0.05) is 48.2 Å². The number of para-hydroxylation sites is 1. The molecule has 0 amide bonds. The summed E-state index contributed by atoms with van der Waals surface area (Å²) in [5.74, 6) is 1.10. The summed E-state index contributed by atoms with van der Waals surface area (Å²) >= 11 is 1.85. The lowest BCUT2D eigenvalue weighted by Gasteiger charge is -2.35. The van der Waals surface area contributed by atoms with Crippen LogP contribution in [0.25, 0.3) is 0 Å². The maximum Gasteiger partial charge on any atom is 0.143 e. The number of nitrogens with zero attached hydrogens (tertiary/aromatic N) is 3. The molecule has 2 atom stereocenters. The number of pyridine rings is 1. The molecule has 5 nitrogen and oxygen atoms in total. The molecule has 2 aliphatic heterocycles. The van der Waals surface area contributed by atoms with E-state index in [0.29, 0.717) is 5.25 Å². The summed E-state index contributed by atoms with van der Waals surface area (Å²) in [6.07, 6.45) is 6.40. The van der Waals surface area contributed by atoms with E-state index < -0.39 is 0 Å². The average molecular weight is 411 g/mol. The summed E-state index contributed by atoms with van der Waals surface area (Å²) in [7, 11) is 0. The fraction of sp³-hybridized carbons (Fsp3) is 0.478. The first-order chi connectivity index (χ1) is 14.2. The number of carbonyl (C=O) groups excluding carboxylic acids is 1. The molecule has 1 aromatic heterocycles. The van der Waals surface area contributed by atoms with Gasteiger partial charge in [-0.2, -0.15) is 0 Å². The second kappa shape index (κ2) is 9.63. The summed E-state index contributed by atoms with van der Waals surface area (Å²) < 4.78 is 0. The van der Waals surface area contributed by atoms with Gasteiger partial charge in [0.15, 0.2) is 0 Å². The van der Waals surface area contributed by atoms with Gasteiger partial charge in [-0.15, -0.1) is 11.8 Å². The van der Waals surface area contributed by atoms with Gasteiger partial charge in [-0.1, -0.05) is 18.6 Å². The number of rotatable bonds is 7. The Hall–Kier alpha value is -2.05. The van der Waals surface area contributed by atoms with Gasteiger partial charge in [-0.05, 0) is 56.1 Å². The first-order valence-electron chi connectivity index (χ1n) is 10.6. The molecule has 1 saturated heterocycles. The lowest BCUT2D eigenvalue weighted by molar-refractivity contribution is -0.108. The number of benzene rings is 1. The van der Waals surface area contributed by atoms with Crippen LogP contribution in [0.5, 0.6) is 0 Å². The van der Waals surface area contributed by atoms with Gasteiger partial charge in [-0.25, -0.2) is 4.98 Å². The minimum absolute atomic E-state index is 0.0831. The van der Waals surface area contributed by atoms with Gasteiger partial charge in [0.1, 0.15) is 12.1 Å². The van der Waals surface area contributed by atoms with Crippen molar-refractivity contribution in [2.24, 2.45) is 0 Å². The number of aryl methyl sites for hydroxylation is 1. The standard InChI is InChI=1S/C23H30N4OS/c1-18-9-10-24-23(16-18)27-14-12-26(13-15-27)11-5-4-8-22-20(17-28)25-19-6-2-3-7-21(19)29-22/h2-3,6-7,9-10,16-17,20,22,25H,4-5,8,11-15H2,1H3. The van der Waals surface area contributed by atoms with Crippen molar-refractivity contribution >= 4 is 29.6 Å². The molecular weight excluding hydrogens is 380 g/mol. The van der Waals surface area contributed by atoms with Crippen molar-refractivity contribution in [3.05, 3.63) is 48.2 Å². The molecule has 1 fully saturated rings. The van der Waals surface area contributed by atoms with E-state index >= 15 is 0 Å². The van der Waals surface area contributed by atoms with Crippen LogP contribution in [0.1, 0.15) is 24.8 Å². The van der Waals surface area contributed by atoms with Crippen molar-refractivity contribution in [1.29, 1.82) is 0 Å². The highest BCUT2D eigenvalue weighted by Crippen LogP contribution is 2.39. The average Bonchev–Trinajstić information content (AvgIpc) is 2.76. The number of hydrogen-bond acceptors (Lipinski definition) is 6. The predicted molar refractivity (Wildman–Crippen MR) is 121 cm³/mol. The van der Waals surface area contributed by atoms with Crippen molar-refractivity contribution in [3.8, 4) is 0 Å². The number of aldehydes is 1. The predicted octanol–water partition coefficient (Wildman–Crippen LogP) is 3.84. The maximum atomic E-state index is 11.5. The van der Waals surface area contributed by atoms with E-state index in [0.717, 1.165) is 63.4 Å². The Morgan fingerprint density at radius 3 is 2.79 bits per heavy atom. The quantitative estimate of drug-likeness (QED) is 0.553. The molecule has 1 aromatic carbocycles. The van der Waals surface area contributed by atoms with Crippen LogP contribution in [-0.4, -0.2) is 60.2 Å². The number of unbranched alkanes of at least 4 members (excludes halogenated alkanes) is 1. The van der Waals surface area contributed by atoms with Crippen molar-refractivity contribution in [3.63, 3.8) is 0 Å². The number of anilines is 2. The Kier molecular flexibility index (Phi) is 6.72. The minimum Gasteiger partial charge on any atom is -0.374 e. The Morgan fingerprint density at radius 2 is 2.00 bits per heavy atom. The number of piperazine rings is 1. The lowest BCUT2D eigenvalue weighted by Crippen LogP contribution is -2.47. The number of hydrogen-bond donors (Lipinski definition) is 1. The lowest BCUT2D eigenvalue weighted by atomic mass is 10.1. The Morgan fingerprint density at radius 1 is 1.17 bits per heavy atom. The van der Waals surface area contributed by atoms with Gasteiger partial charge in [0.05, 0.1) is 6.04 Å². The summed E-state index contributed by atoms with van der Waals surface area (Å²) in [4.78, 5) is 22.3. The number of fused-ring (bicyclic) bond motifs is 1. The molecule has 2 unspecified atom stereocenters. The van der Waals surface area contributed by atoms with E-state index in [2.05, 4.69) is 51.3 Å². The zero-order chi connectivity index (χ0) is 20.1. The maximum absolute atomic E-state index is 11.5. The third-order valence-electron chi connectivity index (χ3n) is 5.84. The van der Waals surface area contributed by atoms with Crippen LogP contribution in [0, 0.1) is 6.92 Å². The van der Waals surface area contributed by atoms with Crippen molar-refractivity contribution in [2.45, 2.75) is 42.4 Å². The van der Waals surface area contributed by atoms with Gasteiger partial charge < -0.3 is 15.0 Å². The topological polar surface area (TPSA) is 48.5 Å². The van der Waals surface area contributed by atoms with E-state index in [1.165, 1.54) is 16.9 Å². The molecule has 4 rings (SSSR count). The molecule has 0 radical (unpaired) electrons. The second-order valence-electron chi connectivity index (χ2n) is 7.97. The molecule has 154 valence electrons. The number of thioether (sulfide) groups is 1. The molecule has 0 spiro atoms. The highest BCUT2D eigenvalue weighted by atomic mass is 32.2. The normalized spacial score (nSPS) is 22.0. The Bertz CT molecular complexity index is 822. The van der Waals surface area contributed by atoms with Crippen LogP contribution in [-0.2, 0) is 4.79 Å². The number of carbonyl (C=O) groups is 1. The van der Waals surface area contributed by atoms with Crippen LogP contribution in [0.4, 0.5) is 11.5 Å². The van der Waals surface area contributed by atoms with Crippen LogP contribution < -0.4 is 10.2 Å². The van der Waals surface area contributed by atoms with Gasteiger partial charge >= 0.3 is 0 Å². The number of aromatic nitrogens is 1. The van der Waals surface area contributed by atoms with Crippen molar-refractivity contribution < 1.29 is 4.79 Å². The minimum atomic E-state index is -0.0831. The van der Waals surface area contributed by atoms with E-state index in [9.17, 15) is 4.79 Å². The molecular formula is C23H30N4OS. The third-order valence-corrected chi connectivity index (χ3v) is 7.29. The fourth-order valence-corrected chi connectivity index (χ4v) is 5.43. The largest absolute Gasteiger partial charge is 0.374 e. The monoisotopic (exact) mass is 410 g/mol.